The topological polar surface area (TPSA) is 89.5 Å². The summed E-state index contributed by atoms with van der Waals surface area (Å²) in [4.78, 5) is 3.85. The van der Waals surface area contributed by atoms with Crippen LogP contribution in [0.3, 0.4) is 0 Å². The largest absolute Gasteiger partial charge is 0.344 e. The average Bonchev–Trinajstić information content (AvgIpc) is 2.86. The molecular formula is C12H10N6. The minimum atomic E-state index is -0.161. The first-order chi connectivity index (χ1) is 8.79. The molecule has 1 aromatic carbocycles. The molecule has 0 spiro atoms. The Kier molecular flexibility index (Phi) is 2.24. The Morgan fingerprint density at radius 1 is 1.33 bits per heavy atom. The van der Waals surface area contributed by atoms with Gasteiger partial charge in [-0.3, -0.25) is 10.8 Å². The SMILES string of the molecule is N#Cc1cnc(=N)n2c1NC(c1ccccc1)N2. The summed E-state index contributed by atoms with van der Waals surface area (Å²) in [5.74, 6) is 0.575. The number of nitrogens with one attached hydrogen (secondary N) is 3. The van der Waals surface area contributed by atoms with E-state index in [1.54, 1.807) is 0 Å². The molecule has 88 valence electrons. The van der Waals surface area contributed by atoms with Crippen LogP contribution in [0.15, 0.2) is 36.5 Å². The number of fused-ring (bicyclic) bond motifs is 1. The third-order valence-corrected chi connectivity index (χ3v) is 2.80. The summed E-state index contributed by atoms with van der Waals surface area (Å²) in [6.07, 6.45) is 1.24. The van der Waals surface area contributed by atoms with Crippen molar-refractivity contribution in [2.24, 2.45) is 0 Å². The Labute approximate surface area is 103 Å². The van der Waals surface area contributed by atoms with E-state index >= 15 is 0 Å². The van der Waals surface area contributed by atoms with Gasteiger partial charge < -0.3 is 5.32 Å². The van der Waals surface area contributed by atoms with Crippen molar-refractivity contribution >= 4 is 5.82 Å². The number of nitriles is 1. The van der Waals surface area contributed by atoms with Crippen molar-refractivity contribution in [3.8, 4) is 6.07 Å². The number of benzene rings is 1. The van der Waals surface area contributed by atoms with Gasteiger partial charge in [0.25, 0.3) is 0 Å². The Bertz CT molecular complexity index is 682. The van der Waals surface area contributed by atoms with Gasteiger partial charge in [0, 0.05) is 0 Å². The van der Waals surface area contributed by atoms with E-state index in [1.165, 1.54) is 10.9 Å². The van der Waals surface area contributed by atoms with E-state index in [-0.39, 0.29) is 11.8 Å². The highest BCUT2D eigenvalue weighted by Gasteiger charge is 2.23. The molecule has 1 aliphatic heterocycles. The molecule has 1 atom stereocenters. The van der Waals surface area contributed by atoms with Gasteiger partial charge in [-0.1, -0.05) is 30.3 Å². The summed E-state index contributed by atoms with van der Waals surface area (Å²) in [7, 11) is 0. The minimum Gasteiger partial charge on any atom is -0.344 e. The van der Waals surface area contributed by atoms with E-state index in [4.69, 9.17) is 10.7 Å². The molecule has 0 radical (unpaired) electrons. The zero-order valence-corrected chi connectivity index (χ0v) is 9.38. The Morgan fingerprint density at radius 3 is 2.83 bits per heavy atom. The molecule has 1 unspecified atom stereocenters. The fourth-order valence-electron chi connectivity index (χ4n) is 1.92. The third kappa shape index (κ3) is 1.50. The predicted molar refractivity (Wildman–Crippen MR) is 65.0 cm³/mol. The summed E-state index contributed by atoms with van der Waals surface area (Å²) in [6, 6.07) is 11.8. The predicted octanol–water partition coefficient (Wildman–Crippen LogP) is 0.902. The van der Waals surface area contributed by atoms with Crippen LogP contribution in [-0.2, 0) is 0 Å². The second-order valence-electron chi connectivity index (χ2n) is 3.91. The smallest absolute Gasteiger partial charge is 0.242 e. The fraction of sp³-hybridized carbons (Fsp3) is 0.0833. The maximum absolute atomic E-state index is 9.02. The minimum absolute atomic E-state index is 0.0648. The molecule has 0 amide bonds. The molecule has 6 nitrogen and oxygen atoms in total. The molecule has 0 bridgehead atoms. The van der Waals surface area contributed by atoms with E-state index in [1.807, 2.05) is 30.3 Å². The van der Waals surface area contributed by atoms with Crippen LogP contribution < -0.4 is 16.4 Å². The van der Waals surface area contributed by atoms with E-state index in [0.717, 1.165) is 5.56 Å². The molecule has 18 heavy (non-hydrogen) atoms. The maximum Gasteiger partial charge on any atom is 0.242 e. The molecule has 1 aliphatic rings. The zero-order valence-electron chi connectivity index (χ0n) is 9.38. The number of anilines is 1. The number of hydrogen-bond acceptors (Lipinski definition) is 5. The van der Waals surface area contributed by atoms with Gasteiger partial charge >= 0.3 is 0 Å². The van der Waals surface area contributed by atoms with Gasteiger partial charge in [-0.2, -0.15) is 5.26 Å². The zero-order chi connectivity index (χ0) is 12.5. The third-order valence-electron chi connectivity index (χ3n) is 2.80. The molecule has 2 aromatic rings. The summed E-state index contributed by atoms with van der Waals surface area (Å²) in [5, 5.41) is 19.9. The quantitative estimate of drug-likeness (QED) is 0.688. The lowest BCUT2D eigenvalue weighted by Crippen LogP contribution is -2.28. The van der Waals surface area contributed by atoms with Crippen LogP contribution in [0.2, 0.25) is 0 Å². The first-order valence-corrected chi connectivity index (χ1v) is 5.44. The lowest BCUT2D eigenvalue weighted by Gasteiger charge is -2.11. The molecular weight excluding hydrogens is 228 g/mol. The molecule has 2 heterocycles. The Hall–Kier alpha value is -2.81. The maximum atomic E-state index is 9.02. The highest BCUT2D eigenvalue weighted by molar-refractivity contribution is 5.56. The van der Waals surface area contributed by atoms with Crippen molar-refractivity contribution in [3.05, 3.63) is 53.3 Å². The van der Waals surface area contributed by atoms with Crippen LogP contribution in [-0.4, -0.2) is 9.66 Å². The molecule has 3 rings (SSSR count). The number of rotatable bonds is 1. The van der Waals surface area contributed by atoms with Crippen molar-refractivity contribution in [3.63, 3.8) is 0 Å². The number of nitrogens with zero attached hydrogens (tertiary/aromatic N) is 3. The lowest BCUT2D eigenvalue weighted by molar-refractivity contribution is 0.750. The van der Waals surface area contributed by atoms with E-state index < -0.39 is 0 Å². The van der Waals surface area contributed by atoms with Crippen molar-refractivity contribution in [2.75, 3.05) is 10.7 Å². The van der Waals surface area contributed by atoms with Crippen LogP contribution in [0, 0.1) is 16.7 Å². The van der Waals surface area contributed by atoms with Gasteiger partial charge in [0.1, 0.15) is 23.6 Å². The summed E-state index contributed by atoms with van der Waals surface area (Å²) in [5.41, 5.74) is 4.61. The van der Waals surface area contributed by atoms with E-state index in [9.17, 15) is 0 Å². The molecule has 0 aliphatic carbocycles. The normalized spacial score (nSPS) is 16.3. The second-order valence-corrected chi connectivity index (χ2v) is 3.91. The van der Waals surface area contributed by atoms with Gasteiger partial charge in [0.2, 0.25) is 5.62 Å². The van der Waals surface area contributed by atoms with Crippen molar-refractivity contribution in [1.29, 1.82) is 10.7 Å². The molecule has 0 saturated carbocycles. The van der Waals surface area contributed by atoms with Gasteiger partial charge in [-0.15, -0.1) is 0 Å². The van der Waals surface area contributed by atoms with E-state index in [0.29, 0.717) is 11.4 Å². The van der Waals surface area contributed by atoms with Crippen LogP contribution >= 0.6 is 0 Å². The van der Waals surface area contributed by atoms with E-state index in [2.05, 4.69) is 21.8 Å². The molecule has 0 fully saturated rings. The first kappa shape index (κ1) is 10.4. The molecule has 0 saturated heterocycles. The Balaban J connectivity index is 2.04. The summed E-state index contributed by atoms with van der Waals surface area (Å²) < 4.78 is 1.48. The van der Waals surface area contributed by atoms with Gasteiger partial charge in [0.05, 0.1) is 6.20 Å². The van der Waals surface area contributed by atoms with Gasteiger partial charge in [0.15, 0.2) is 0 Å². The van der Waals surface area contributed by atoms with Crippen LogP contribution in [0.4, 0.5) is 5.82 Å². The highest BCUT2D eigenvalue weighted by Crippen LogP contribution is 2.24. The molecule has 6 heteroatoms. The second kappa shape index (κ2) is 3.89. The average molecular weight is 238 g/mol. The van der Waals surface area contributed by atoms with Crippen molar-refractivity contribution in [1.82, 2.24) is 9.66 Å². The van der Waals surface area contributed by atoms with Crippen LogP contribution in [0.5, 0.6) is 0 Å². The standard InChI is InChI=1S/C12H10N6/c13-6-9-7-15-12(14)18-11(9)16-10(17-18)8-4-2-1-3-5-8/h1-5,7,10,14,16-17H. The number of hydrogen-bond donors (Lipinski definition) is 3. The summed E-state index contributed by atoms with van der Waals surface area (Å²) in [6.45, 7) is 0. The van der Waals surface area contributed by atoms with Crippen molar-refractivity contribution in [2.45, 2.75) is 6.17 Å². The van der Waals surface area contributed by atoms with Gasteiger partial charge in [-0.05, 0) is 5.56 Å². The highest BCUT2D eigenvalue weighted by atomic mass is 15.6. The van der Waals surface area contributed by atoms with Gasteiger partial charge in [-0.25, -0.2) is 9.66 Å². The Morgan fingerprint density at radius 2 is 2.11 bits per heavy atom. The fourth-order valence-corrected chi connectivity index (χ4v) is 1.92. The number of aromatic nitrogens is 2. The summed E-state index contributed by atoms with van der Waals surface area (Å²) >= 11 is 0. The molecule has 3 N–H and O–H groups in total. The molecule has 1 aromatic heterocycles. The monoisotopic (exact) mass is 238 g/mol. The van der Waals surface area contributed by atoms with Crippen LogP contribution in [0.1, 0.15) is 17.3 Å². The lowest BCUT2D eigenvalue weighted by atomic mass is 10.2. The first-order valence-electron chi connectivity index (χ1n) is 5.44. The van der Waals surface area contributed by atoms with Crippen LogP contribution in [0.25, 0.3) is 0 Å². The van der Waals surface area contributed by atoms with Crippen molar-refractivity contribution < 1.29 is 0 Å².